The lowest BCUT2D eigenvalue weighted by atomic mass is 10.1. The highest BCUT2D eigenvalue weighted by molar-refractivity contribution is 9.11. The second-order valence-electron chi connectivity index (χ2n) is 2.60. The molecule has 0 atom stereocenters. The normalized spacial score (nSPS) is 10.1. The van der Waals surface area contributed by atoms with Crippen LogP contribution in [0.1, 0.15) is 5.56 Å². The van der Waals surface area contributed by atoms with Crippen LogP contribution in [-0.2, 0) is 11.2 Å². The van der Waals surface area contributed by atoms with Gasteiger partial charge in [-0.25, -0.2) is 0 Å². The summed E-state index contributed by atoms with van der Waals surface area (Å²) in [5.74, 6) is -1.46. The minimum Gasteiger partial charge on any atom is -0.506 e. The quantitative estimate of drug-likeness (QED) is 0.779. The second-order valence-corrected chi connectivity index (χ2v) is 4.25. The van der Waals surface area contributed by atoms with Crippen molar-refractivity contribution in [3.8, 4) is 11.5 Å². The molecular formula is C8H6Br2O4. The molecule has 4 nitrogen and oxygen atoms in total. The molecular weight excluding hydrogens is 320 g/mol. The van der Waals surface area contributed by atoms with Gasteiger partial charge in [0, 0.05) is 5.56 Å². The summed E-state index contributed by atoms with van der Waals surface area (Å²) in [5, 5.41) is 27.3. The molecule has 0 aliphatic heterocycles. The van der Waals surface area contributed by atoms with E-state index in [0.29, 0.717) is 4.47 Å². The fourth-order valence-electron chi connectivity index (χ4n) is 0.945. The molecule has 14 heavy (non-hydrogen) atoms. The van der Waals surface area contributed by atoms with Gasteiger partial charge in [0.05, 0.1) is 10.9 Å². The van der Waals surface area contributed by atoms with E-state index in [1.165, 1.54) is 6.07 Å². The number of hydrogen-bond donors (Lipinski definition) is 3. The third-order valence-electron chi connectivity index (χ3n) is 1.59. The van der Waals surface area contributed by atoms with Crippen LogP contribution in [0.2, 0.25) is 0 Å². The van der Waals surface area contributed by atoms with E-state index < -0.39 is 5.97 Å². The number of carboxylic acid groups (broad SMARTS) is 1. The van der Waals surface area contributed by atoms with E-state index in [1.807, 2.05) is 0 Å². The maximum absolute atomic E-state index is 10.4. The van der Waals surface area contributed by atoms with Gasteiger partial charge in [0.15, 0.2) is 0 Å². The molecule has 3 N–H and O–H groups in total. The van der Waals surface area contributed by atoms with Gasteiger partial charge in [-0.15, -0.1) is 0 Å². The number of carbonyl (C=O) groups is 1. The van der Waals surface area contributed by atoms with Gasteiger partial charge in [0.25, 0.3) is 0 Å². The van der Waals surface area contributed by atoms with Gasteiger partial charge < -0.3 is 15.3 Å². The lowest BCUT2D eigenvalue weighted by Gasteiger charge is -2.07. The van der Waals surface area contributed by atoms with Crippen LogP contribution in [0.5, 0.6) is 11.5 Å². The van der Waals surface area contributed by atoms with Crippen molar-refractivity contribution in [3.05, 3.63) is 20.6 Å². The Bertz CT molecular complexity index is 389. The number of benzene rings is 1. The van der Waals surface area contributed by atoms with Gasteiger partial charge in [-0.3, -0.25) is 4.79 Å². The summed E-state index contributed by atoms with van der Waals surface area (Å²) < 4.78 is 0.418. The van der Waals surface area contributed by atoms with Crippen molar-refractivity contribution in [3.63, 3.8) is 0 Å². The maximum Gasteiger partial charge on any atom is 0.307 e. The Hall–Kier alpha value is -0.750. The number of aromatic hydroxyl groups is 2. The standard InChI is InChI=1S/C8H6Br2O4/c9-4-1-3(2-5(11)12)7(13)6(10)8(4)14/h1,13-14H,2H2,(H,11,12). The molecule has 0 fully saturated rings. The lowest BCUT2D eigenvalue weighted by molar-refractivity contribution is -0.136. The molecule has 1 rings (SSSR count). The van der Waals surface area contributed by atoms with E-state index in [2.05, 4.69) is 31.9 Å². The van der Waals surface area contributed by atoms with Crippen molar-refractivity contribution in [1.82, 2.24) is 0 Å². The SMILES string of the molecule is O=C(O)Cc1cc(Br)c(O)c(Br)c1O. The highest BCUT2D eigenvalue weighted by atomic mass is 79.9. The van der Waals surface area contributed by atoms with Crippen molar-refractivity contribution in [2.75, 3.05) is 0 Å². The van der Waals surface area contributed by atoms with Crippen LogP contribution in [0.15, 0.2) is 15.0 Å². The van der Waals surface area contributed by atoms with Crippen molar-refractivity contribution in [2.45, 2.75) is 6.42 Å². The summed E-state index contributed by atoms with van der Waals surface area (Å²) in [4.78, 5) is 10.4. The maximum atomic E-state index is 10.4. The summed E-state index contributed by atoms with van der Waals surface area (Å²) in [6.07, 6.45) is -0.302. The Balaban J connectivity index is 3.25. The van der Waals surface area contributed by atoms with Crippen LogP contribution in [0.25, 0.3) is 0 Å². The Morgan fingerprint density at radius 2 is 1.86 bits per heavy atom. The molecule has 0 heterocycles. The zero-order chi connectivity index (χ0) is 10.9. The smallest absolute Gasteiger partial charge is 0.307 e. The molecule has 76 valence electrons. The summed E-state index contributed by atoms with van der Waals surface area (Å²) in [7, 11) is 0. The third-order valence-corrected chi connectivity index (χ3v) is 2.94. The monoisotopic (exact) mass is 324 g/mol. The molecule has 0 saturated carbocycles. The summed E-state index contributed by atoms with van der Waals surface area (Å²) in [6.45, 7) is 0. The zero-order valence-corrected chi connectivity index (χ0v) is 9.96. The van der Waals surface area contributed by atoms with E-state index >= 15 is 0 Å². The lowest BCUT2D eigenvalue weighted by Crippen LogP contribution is -2.00. The summed E-state index contributed by atoms with van der Waals surface area (Å²) >= 11 is 5.98. The summed E-state index contributed by atoms with van der Waals surface area (Å²) in [5.41, 5.74) is 0.231. The van der Waals surface area contributed by atoms with Crippen LogP contribution in [0, 0.1) is 0 Å². The number of phenolic OH excluding ortho intramolecular Hbond substituents is 2. The third kappa shape index (κ3) is 2.19. The van der Waals surface area contributed by atoms with Crippen LogP contribution < -0.4 is 0 Å². The van der Waals surface area contributed by atoms with Gasteiger partial charge in [0.1, 0.15) is 16.0 Å². The zero-order valence-electron chi connectivity index (χ0n) is 6.79. The molecule has 0 unspecified atom stereocenters. The van der Waals surface area contributed by atoms with Crippen LogP contribution in [0.3, 0.4) is 0 Å². The average molecular weight is 326 g/mol. The van der Waals surface area contributed by atoms with Gasteiger partial charge in [-0.2, -0.15) is 0 Å². The number of aliphatic carboxylic acids is 1. The molecule has 0 radical (unpaired) electrons. The van der Waals surface area contributed by atoms with Crippen LogP contribution in [0.4, 0.5) is 0 Å². The fraction of sp³-hybridized carbons (Fsp3) is 0.125. The van der Waals surface area contributed by atoms with Gasteiger partial charge >= 0.3 is 5.97 Å². The molecule has 0 spiro atoms. The fourth-order valence-corrected chi connectivity index (χ4v) is 2.15. The average Bonchev–Trinajstić information content (AvgIpc) is 2.10. The van der Waals surface area contributed by atoms with E-state index in [4.69, 9.17) is 5.11 Å². The van der Waals surface area contributed by atoms with E-state index in [1.54, 1.807) is 0 Å². The first kappa shape index (κ1) is 11.3. The first-order valence-corrected chi connectivity index (χ1v) is 5.12. The molecule has 6 heteroatoms. The van der Waals surface area contributed by atoms with E-state index in [0.717, 1.165) is 0 Å². The van der Waals surface area contributed by atoms with Crippen molar-refractivity contribution in [2.24, 2.45) is 0 Å². The second kappa shape index (κ2) is 4.18. The molecule has 0 amide bonds. The van der Waals surface area contributed by atoms with Gasteiger partial charge in [0.2, 0.25) is 0 Å². The van der Waals surface area contributed by atoms with Crippen molar-refractivity contribution < 1.29 is 20.1 Å². The van der Waals surface area contributed by atoms with Gasteiger partial charge in [-0.05, 0) is 37.9 Å². The number of hydrogen-bond acceptors (Lipinski definition) is 3. The topological polar surface area (TPSA) is 77.8 Å². The minimum atomic E-state index is -1.05. The Labute approximate surface area is 96.4 Å². The predicted molar refractivity (Wildman–Crippen MR) is 56.5 cm³/mol. The Morgan fingerprint density at radius 1 is 1.29 bits per heavy atom. The molecule has 0 saturated heterocycles. The van der Waals surface area contributed by atoms with Crippen molar-refractivity contribution >= 4 is 37.8 Å². The number of rotatable bonds is 2. The largest absolute Gasteiger partial charge is 0.506 e. The first-order valence-electron chi connectivity index (χ1n) is 3.54. The number of phenols is 2. The molecule has 0 aliphatic rings. The van der Waals surface area contributed by atoms with E-state index in [9.17, 15) is 15.0 Å². The van der Waals surface area contributed by atoms with Crippen molar-refractivity contribution in [1.29, 1.82) is 0 Å². The first-order chi connectivity index (χ1) is 6.43. The molecule has 0 bridgehead atoms. The highest BCUT2D eigenvalue weighted by Crippen LogP contribution is 2.41. The molecule has 1 aromatic carbocycles. The summed E-state index contributed by atoms with van der Waals surface area (Å²) in [6, 6.07) is 1.36. The minimum absolute atomic E-state index is 0.0862. The molecule has 0 aliphatic carbocycles. The van der Waals surface area contributed by atoms with Crippen LogP contribution in [-0.4, -0.2) is 21.3 Å². The number of carboxylic acids is 1. The number of halogens is 2. The van der Waals surface area contributed by atoms with E-state index in [-0.39, 0.29) is 28.0 Å². The highest BCUT2D eigenvalue weighted by Gasteiger charge is 2.15. The Morgan fingerprint density at radius 3 is 2.36 bits per heavy atom. The van der Waals surface area contributed by atoms with Gasteiger partial charge in [-0.1, -0.05) is 0 Å². The molecule has 0 aromatic heterocycles. The predicted octanol–water partition coefficient (Wildman–Crippen LogP) is 2.25. The van der Waals surface area contributed by atoms with Crippen LogP contribution >= 0.6 is 31.9 Å². The Kier molecular flexibility index (Phi) is 3.38. The molecule has 1 aromatic rings.